The van der Waals surface area contributed by atoms with Crippen LogP contribution in [0.1, 0.15) is 239 Å². The average molecular weight is 936 g/mol. The van der Waals surface area contributed by atoms with E-state index in [-0.39, 0.29) is 19.4 Å². The molecule has 11 nitrogen and oxygen atoms in total. The first-order valence-corrected chi connectivity index (χ1v) is 27.3. The van der Waals surface area contributed by atoms with Gasteiger partial charge in [-0.3, -0.25) is 9.59 Å². The molecule has 1 saturated heterocycles. The smallest absolute Gasteiger partial charge is 0.306 e. The van der Waals surface area contributed by atoms with Crippen molar-refractivity contribution in [3.05, 3.63) is 36.5 Å². The van der Waals surface area contributed by atoms with E-state index in [1.807, 2.05) is 6.08 Å². The van der Waals surface area contributed by atoms with Crippen LogP contribution in [0, 0.1) is 0 Å². The predicted molar refractivity (Wildman–Crippen MR) is 269 cm³/mol. The highest BCUT2D eigenvalue weighted by molar-refractivity contribution is 5.80. The van der Waals surface area contributed by atoms with Crippen molar-refractivity contribution >= 4 is 11.9 Å². The van der Waals surface area contributed by atoms with Gasteiger partial charge in [0.25, 0.3) is 0 Å². The van der Waals surface area contributed by atoms with Gasteiger partial charge in [-0.2, -0.15) is 0 Å². The fourth-order valence-corrected chi connectivity index (χ4v) is 8.33. The molecule has 8 unspecified atom stereocenters. The lowest BCUT2D eigenvalue weighted by atomic mass is 9.99. The molecule has 1 rings (SSSR count). The maximum atomic E-state index is 13.3. The van der Waals surface area contributed by atoms with Crippen molar-refractivity contribution in [2.45, 2.75) is 288 Å². The van der Waals surface area contributed by atoms with E-state index >= 15 is 0 Å². The molecule has 11 heteroatoms. The number of aliphatic hydroxyl groups is 5. The van der Waals surface area contributed by atoms with Gasteiger partial charge in [-0.1, -0.05) is 198 Å². The van der Waals surface area contributed by atoms with Crippen molar-refractivity contribution in [2.75, 3.05) is 13.2 Å². The lowest BCUT2D eigenvalue weighted by Gasteiger charge is -2.41. The summed E-state index contributed by atoms with van der Waals surface area (Å²) in [5.41, 5.74) is 0. The second-order valence-corrected chi connectivity index (χ2v) is 19.0. The van der Waals surface area contributed by atoms with Crippen LogP contribution in [0.25, 0.3) is 0 Å². The summed E-state index contributed by atoms with van der Waals surface area (Å²) in [5.74, 6) is -1.22. The Hall–Kier alpha value is -2.12. The SMILES string of the molecule is CCCC/C=C\CCCCCCCC(=O)OC1C(OCC(NC(=O)C(O)CCCC/C=C\CCCCCCCCC)C(O)/C=C/CCCCCCCCCCCCC)OC(CO)C(O)C1O. The topological polar surface area (TPSA) is 175 Å². The van der Waals surface area contributed by atoms with Gasteiger partial charge in [-0.15, -0.1) is 0 Å². The molecule has 0 spiro atoms. The van der Waals surface area contributed by atoms with Crippen molar-refractivity contribution in [3.63, 3.8) is 0 Å². The van der Waals surface area contributed by atoms with Gasteiger partial charge >= 0.3 is 5.97 Å². The highest BCUT2D eigenvalue weighted by Gasteiger charge is 2.47. The zero-order chi connectivity index (χ0) is 48.3. The van der Waals surface area contributed by atoms with E-state index in [1.54, 1.807) is 6.08 Å². The molecule has 0 saturated carbocycles. The molecule has 8 atom stereocenters. The van der Waals surface area contributed by atoms with Crippen LogP contribution in [0.5, 0.6) is 0 Å². The summed E-state index contributed by atoms with van der Waals surface area (Å²) in [6.07, 6.45) is 39.1. The fraction of sp³-hybridized carbons (Fsp3) is 0.855. The summed E-state index contributed by atoms with van der Waals surface area (Å²) >= 11 is 0. The number of esters is 1. The number of hydrogen-bond donors (Lipinski definition) is 6. The van der Waals surface area contributed by atoms with Crippen LogP contribution < -0.4 is 5.32 Å². The zero-order valence-electron chi connectivity index (χ0n) is 42.3. The molecule has 1 aliphatic heterocycles. The van der Waals surface area contributed by atoms with E-state index in [0.29, 0.717) is 12.8 Å². The zero-order valence-corrected chi connectivity index (χ0v) is 42.3. The molecule has 0 aromatic heterocycles. The molecule has 1 amide bonds. The molecule has 0 aromatic rings. The Labute approximate surface area is 403 Å². The number of carbonyl (C=O) groups excluding carboxylic acids is 2. The lowest BCUT2D eigenvalue weighted by molar-refractivity contribution is -0.305. The van der Waals surface area contributed by atoms with Crippen LogP contribution in [-0.4, -0.2) is 99.6 Å². The number of amides is 1. The summed E-state index contributed by atoms with van der Waals surface area (Å²) in [7, 11) is 0. The normalized spacial score (nSPS) is 20.4. The number of rotatable bonds is 45. The molecule has 0 bridgehead atoms. The number of allylic oxidation sites excluding steroid dienone is 5. The molecule has 386 valence electrons. The van der Waals surface area contributed by atoms with Crippen molar-refractivity contribution in [2.24, 2.45) is 0 Å². The van der Waals surface area contributed by atoms with E-state index in [9.17, 15) is 35.1 Å². The van der Waals surface area contributed by atoms with E-state index in [1.165, 1.54) is 116 Å². The molecule has 1 heterocycles. The van der Waals surface area contributed by atoms with Crippen LogP contribution in [0.2, 0.25) is 0 Å². The minimum atomic E-state index is -1.61. The van der Waals surface area contributed by atoms with Crippen LogP contribution in [-0.2, 0) is 23.8 Å². The molecule has 1 fully saturated rings. The fourth-order valence-electron chi connectivity index (χ4n) is 8.33. The van der Waals surface area contributed by atoms with Crippen LogP contribution in [0.4, 0.5) is 0 Å². The summed E-state index contributed by atoms with van der Waals surface area (Å²) in [6, 6.07) is -1.03. The predicted octanol–water partition coefficient (Wildman–Crippen LogP) is 11.6. The van der Waals surface area contributed by atoms with Gasteiger partial charge in [0.1, 0.15) is 24.4 Å². The monoisotopic (exact) mass is 936 g/mol. The second-order valence-electron chi connectivity index (χ2n) is 19.0. The van der Waals surface area contributed by atoms with Gasteiger partial charge in [0.15, 0.2) is 12.4 Å². The highest BCUT2D eigenvalue weighted by atomic mass is 16.7. The Kier molecular flexibility index (Phi) is 41.4. The third-order valence-electron chi connectivity index (χ3n) is 12.8. The summed E-state index contributed by atoms with van der Waals surface area (Å²) < 4.78 is 17.5. The van der Waals surface area contributed by atoms with Crippen LogP contribution in [0.15, 0.2) is 36.5 Å². The maximum absolute atomic E-state index is 13.3. The van der Waals surface area contributed by atoms with Crippen LogP contribution >= 0.6 is 0 Å². The van der Waals surface area contributed by atoms with Gasteiger partial charge in [0.05, 0.1) is 25.4 Å². The minimum Gasteiger partial charge on any atom is -0.454 e. The standard InChI is InChI=1S/C55H101NO10/c1-4-7-10-13-16-19-22-24-27-29-32-35-38-41-47(58)46(56-54(63)48(59)42-39-36-33-30-28-25-23-20-17-14-11-8-5-2)45-64-55-53(52(62)51(61)49(44-57)65-55)66-50(60)43-40-37-34-31-26-21-18-15-12-9-6-3/h15,18,28,30,38,41,46-49,51-53,55,57-59,61-62H,4-14,16-17,19-27,29,31-37,39-40,42-45H2,1-3H3,(H,56,63)/b18-15-,30-28-,41-38+. The number of carbonyl (C=O) groups is 2. The summed E-state index contributed by atoms with van der Waals surface area (Å²) in [6.45, 7) is 5.71. The number of ether oxygens (including phenoxy) is 3. The van der Waals surface area contributed by atoms with Crippen molar-refractivity contribution in [1.82, 2.24) is 5.32 Å². The second kappa shape index (κ2) is 44.1. The number of aliphatic hydroxyl groups excluding tert-OH is 5. The van der Waals surface area contributed by atoms with Gasteiger partial charge in [-0.25, -0.2) is 0 Å². The molecule has 0 radical (unpaired) electrons. The van der Waals surface area contributed by atoms with E-state index in [2.05, 4.69) is 50.4 Å². The third-order valence-corrected chi connectivity index (χ3v) is 12.8. The summed E-state index contributed by atoms with van der Waals surface area (Å²) in [5, 5.41) is 56.6. The van der Waals surface area contributed by atoms with Gasteiger partial charge in [0, 0.05) is 6.42 Å². The molecular formula is C55H101NO10. The Morgan fingerprint density at radius 2 is 1.02 bits per heavy atom. The molecule has 1 aliphatic rings. The molecular weight excluding hydrogens is 835 g/mol. The van der Waals surface area contributed by atoms with Gasteiger partial charge < -0.3 is 45.1 Å². The molecule has 0 aromatic carbocycles. The van der Waals surface area contributed by atoms with Crippen LogP contribution in [0.3, 0.4) is 0 Å². The van der Waals surface area contributed by atoms with Crippen molar-refractivity contribution in [1.29, 1.82) is 0 Å². The quantitative estimate of drug-likeness (QED) is 0.0196. The van der Waals surface area contributed by atoms with Crippen molar-refractivity contribution < 1.29 is 49.3 Å². The first-order chi connectivity index (χ1) is 32.2. The number of hydrogen-bond acceptors (Lipinski definition) is 10. The Bertz CT molecular complexity index is 1210. The van der Waals surface area contributed by atoms with E-state index in [0.717, 1.165) is 77.0 Å². The number of unbranched alkanes of at least 4 members (excludes halogenated alkanes) is 27. The van der Waals surface area contributed by atoms with E-state index < -0.39 is 67.4 Å². The largest absolute Gasteiger partial charge is 0.454 e. The minimum absolute atomic E-state index is 0.112. The number of nitrogens with one attached hydrogen (secondary N) is 1. The first kappa shape index (κ1) is 61.9. The lowest BCUT2D eigenvalue weighted by Crippen LogP contribution is -2.61. The molecule has 6 N–H and O–H groups in total. The van der Waals surface area contributed by atoms with Gasteiger partial charge in [0.2, 0.25) is 5.91 Å². The highest BCUT2D eigenvalue weighted by Crippen LogP contribution is 2.26. The Morgan fingerprint density at radius 3 is 1.52 bits per heavy atom. The third kappa shape index (κ3) is 32.6. The summed E-state index contributed by atoms with van der Waals surface area (Å²) in [4.78, 5) is 26.3. The Morgan fingerprint density at radius 1 is 0.576 bits per heavy atom. The molecule has 0 aliphatic carbocycles. The van der Waals surface area contributed by atoms with Crippen molar-refractivity contribution in [3.8, 4) is 0 Å². The van der Waals surface area contributed by atoms with E-state index in [4.69, 9.17) is 14.2 Å². The molecule has 66 heavy (non-hydrogen) atoms. The Balaban J connectivity index is 2.79. The first-order valence-electron chi connectivity index (χ1n) is 27.3. The maximum Gasteiger partial charge on any atom is 0.306 e. The van der Waals surface area contributed by atoms with Gasteiger partial charge in [-0.05, 0) is 70.6 Å². The average Bonchev–Trinajstić information content (AvgIpc) is 3.31.